The summed E-state index contributed by atoms with van der Waals surface area (Å²) in [6.45, 7) is 1.81. The lowest BCUT2D eigenvalue weighted by molar-refractivity contribution is -0.115. The Kier molecular flexibility index (Phi) is 6.90. The van der Waals surface area contributed by atoms with Crippen LogP contribution in [-0.2, 0) is 4.79 Å². The van der Waals surface area contributed by atoms with Gasteiger partial charge < -0.3 is 10.6 Å². The SMILES string of the molecule is CC(Sc1ccc(NC(=O)c2ccc(F)cc2)cc1)C(=O)Nc1ccccc1Cl. The number of anilines is 2. The number of rotatable bonds is 6. The van der Waals surface area contributed by atoms with Crippen LogP contribution in [0, 0.1) is 5.82 Å². The number of amides is 2. The summed E-state index contributed by atoms with van der Waals surface area (Å²) in [5, 5.41) is 5.71. The van der Waals surface area contributed by atoms with Crippen LogP contribution >= 0.6 is 23.4 Å². The van der Waals surface area contributed by atoms with E-state index in [9.17, 15) is 14.0 Å². The summed E-state index contributed by atoms with van der Waals surface area (Å²) in [7, 11) is 0. The van der Waals surface area contributed by atoms with Crippen molar-refractivity contribution in [2.75, 3.05) is 10.6 Å². The predicted octanol–water partition coefficient (Wildman–Crippen LogP) is 5.85. The molecule has 1 unspecified atom stereocenters. The van der Waals surface area contributed by atoms with Crippen LogP contribution in [0.2, 0.25) is 5.02 Å². The van der Waals surface area contributed by atoms with Gasteiger partial charge in [0, 0.05) is 16.1 Å². The molecule has 0 radical (unpaired) electrons. The second-order valence-electron chi connectivity index (χ2n) is 6.21. The lowest BCUT2D eigenvalue weighted by Gasteiger charge is -2.13. The summed E-state index contributed by atoms with van der Waals surface area (Å²) in [5.74, 6) is -0.870. The van der Waals surface area contributed by atoms with E-state index in [1.807, 2.05) is 12.1 Å². The molecule has 0 saturated heterocycles. The Morgan fingerprint density at radius 1 is 0.931 bits per heavy atom. The Labute approximate surface area is 177 Å². The molecular weight excluding hydrogens is 411 g/mol. The molecule has 0 heterocycles. The number of thioether (sulfide) groups is 1. The summed E-state index contributed by atoms with van der Waals surface area (Å²) < 4.78 is 13.0. The van der Waals surface area contributed by atoms with Crippen LogP contribution < -0.4 is 10.6 Å². The number of hydrogen-bond acceptors (Lipinski definition) is 3. The van der Waals surface area contributed by atoms with Gasteiger partial charge in [-0.15, -0.1) is 11.8 Å². The highest BCUT2D eigenvalue weighted by molar-refractivity contribution is 8.00. The Morgan fingerprint density at radius 2 is 1.59 bits per heavy atom. The summed E-state index contributed by atoms with van der Waals surface area (Å²) in [5.41, 5.74) is 1.55. The molecule has 0 saturated carbocycles. The predicted molar refractivity (Wildman–Crippen MR) is 116 cm³/mol. The molecule has 0 aliphatic rings. The molecule has 29 heavy (non-hydrogen) atoms. The third kappa shape index (κ3) is 5.82. The molecule has 4 nitrogen and oxygen atoms in total. The fourth-order valence-electron chi connectivity index (χ4n) is 2.48. The smallest absolute Gasteiger partial charge is 0.255 e. The van der Waals surface area contributed by atoms with E-state index in [4.69, 9.17) is 11.6 Å². The third-order valence-electron chi connectivity index (χ3n) is 4.03. The molecule has 148 valence electrons. The van der Waals surface area contributed by atoms with Crippen molar-refractivity contribution in [3.05, 3.63) is 89.2 Å². The molecule has 3 aromatic rings. The number of hydrogen-bond donors (Lipinski definition) is 2. The first-order valence-electron chi connectivity index (χ1n) is 8.81. The molecule has 0 fully saturated rings. The van der Waals surface area contributed by atoms with Gasteiger partial charge in [0.2, 0.25) is 5.91 Å². The summed E-state index contributed by atoms with van der Waals surface area (Å²) in [6, 6.07) is 19.5. The van der Waals surface area contributed by atoms with Gasteiger partial charge in [0.15, 0.2) is 0 Å². The average molecular weight is 429 g/mol. The zero-order valence-corrected chi connectivity index (χ0v) is 17.1. The number of carbonyl (C=O) groups is 2. The van der Waals surface area contributed by atoms with Crippen LogP contribution in [0.4, 0.5) is 15.8 Å². The standard InChI is InChI=1S/C22H18ClFN2O2S/c1-14(21(27)26-20-5-3-2-4-19(20)23)29-18-12-10-17(11-13-18)25-22(28)15-6-8-16(24)9-7-15/h2-14H,1H3,(H,25,28)(H,26,27). The molecule has 1 atom stereocenters. The molecule has 0 aromatic heterocycles. The maximum absolute atomic E-state index is 13.0. The second-order valence-corrected chi connectivity index (χ2v) is 8.04. The van der Waals surface area contributed by atoms with Gasteiger partial charge in [-0.2, -0.15) is 0 Å². The number of nitrogens with one attached hydrogen (secondary N) is 2. The fourth-order valence-corrected chi connectivity index (χ4v) is 3.53. The largest absolute Gasteiger partial charge is 0.324 e. The Morgan fingerprint density at radius 3 is 2.24 bits per heavy atom. The van der Waals surface area contributed by atoms with Crippen LogP contribution in [0.3, 0.4) is 0 Å². The van der Waals surface area contributed by atoms with Gasteiger partial charge in [-0.05, 0) is 67.6 Å². The van der Waals surface area contributed by atoms with E-state index in [1.165, 1.54) is 36.0 Å². The maximum Gasteiger partial charge on any atom is 0.255 e. The van der Waals surface area contributed by atoms with Gasteiger partial charge in [0.1, 0.15) is 5.82 Å². The van der Waals surface area contributed by atoms with Crippen LogP contribution in [0.1, 0.15) is 17.3 Å². The third-order valence-corrected chi connectivity index (χ3v) is 5.47. The van der Waals surface area contributed by atoms with Gasteiger partial charge in [0.05, 0.1) is 16.0 Å². The zero-order chi connectivity index (χ0) is 20.8. The average Bonchev–Trinajstić information content (AvgIpc) is 2.71. The van der Waals surface area contributed by atoms with Crippen LogP contribution in [0.25, 0.3) is 0 Å². The van der Waals surface area contributed by atoms with Crippen LogP contribution in [-0.4, -0.2) is 17.1 Å². The molecule has 0 aliphatic carbocycles. The van der Waals surface area contributed by atoms with Crippen molar-refractivity contribution in [2.24, 2.45) is 0 Å². The minimum absolute atomic E-state index is 0.156. The van der Waals surface area contributed by atoms with E-state index in [-0.39, 0.29) is 17.1 Å². The van der Waals surface area contributed by atoms with Gasteiger partial charge in [-0.1, -0.05) is 23.7 Å². The van der Waals surface area contributed by atoms with Gasteiger partial charge in [-0.25, -0.2) is 4.39 Å². The van der Waals surface area contributed by atoms with Crippen molar-refractivity contribution < 1.29 is 14.0 Å². The number of halogens is 2. The van der Waals surface area contributed by atoms with Gasteiger partial charge >= 0.3 is 0 Å². The minimum atomic E-state index is -0.393. The van der Waals surface area contributed by atoms with Crippen molar-refractivity contribution in [3.8, 4) is 0 Å². The first-order valence-corrected chi connectivity index (χ1v) is 10.1. The highest BCUT2D eigenvalue weighted by Gasteiger charge is 2.16. The van der Waals surface area contributed by atoms with Crippen molar-refractivity contribution in [3.63, 3.8) is 0 Å². The quantitative estimate of drug-likeness (QED) is 0.484. The van der Waals surface area contributed by atoms with E-state index in [2.05, 4.69) is 10.6 Å². The second kappa shape index (κ2) is 9.58. The number of carbonyl (C=O) groups excluding carboxylic acids is 2. The molecule has 2 amide bonds. The Bertz CT molecular complexity index is 1010. The summed E-state index contributed by atoms with van der Waals surface area (Å²) in [4.78, 5) is 25.4. The fraction of sp³-hybridized carbons (Fsp3) is 0.0909. The number of para-hydroxylation sites is 1. The Hall–Kier alpha value is -2.83. The molecule has 3 aromatic carbocycles. The van der Waals surface area contributed by atoms with E-state index >= 15 is 0 Å². The molecule has 0 bridgehead atoms. The van der Waals surface area contributed by atoms with Crippen molar-refractivity contribution in [1.82, 2.24) is 0 Å². The van der Waals surface area contributed by atoms with E-state index < -0.39 is 5.82 Å². The molecule has 0 spiro atoms. The molecule has 3 rings (SSSR count). The van der Waals surface area contributed by atoms with E-state index in [0.717, 1.165) is 4.90 Å². The van der Waals surface area contributed by atoms with E-state index in [0.29, 0.717) is 22.0 Å². The lowest BCUT2D eigenvalue weighted by Crippen LogP contribution is -2.22. The van der Waals surface area contributed by atoms with Crippen LogP contribution in [0.15, 0.2) is 77.7 Å². The highest BCUT2D eigenvalue weighted by atomic mass is 35.5. The van der Waals surface area contributed by atoms with Crippen molar-refractivity contribution >= 4 is 46.6 Å². The molecule has 2 N–H and O–H groups in total. The van der Waals surface area contributed by atoms with Crippen molar-refractivity contribution in [2.45, 2.75) is 17.1 Å². The maximum atomic E-state index is 13.0. The summed E-state index contributed by atoms with van der Waals surface area (Å²) in [6.07, 6.45) is 0. The lowest BCUT2D eigenvalue weighted by atomic mass is 10.2. The van der Waals surface area contributed by atoms with Gasteiger partial charge in [0.25, 0.3) is 5.91 Å². The Balaban J connectivity index is 1.57. The molecule has 7 heteroatoms. The normalized spacial score (nSPS) is 11.6. The zero-order valence-electron chi connectivity index (χ0n) is 15.5. The summed E-state index contributed by atoms with van der Waals surface area (Å²) >= 11 is 7.46. The highest BCUT2D eigenvalue weighted by Crippen LogP contribution is 2.27. The first kappa shape index (κ1) is 20.9. The van der Waals surface area contributed by atoms with Gasteiger partial charge in [-0.3, -0.25) is 9.59 Å². The van der Waals surface area contributed by atoms with E-state index in [1.54, 1.807) is 43.3 Å². The minimum Gasteiger partial charge on any atom is -0.324 e. The monoisotopic (exact) mass is 428 g/mol. The first-order chi connectivity index (χ1) is 13.9. The van der Waals surface area contributed by atoms with Crippen LogP contribution in [0.5, 0.6) is 0 Å². The number of benzene rings is 3. The molecule has 0 aliphatic heterocycles. The topological polar surface area (TPSA) is 58.2 Å². The molecular formula is C22H18ClFN2O2S. The van der Waals surface area contributed by atoms with Crippen molar-refractivity contribution in [1.29, 1.82) is 0 Å².